The average molecular weight is 205 g/mol. The Morgan fingerprint density at radius 1 is 1.67 bits per heavy atom. The smallest absolute Gasteiger partial charge is 0.272 e. The van der Waals surface area contributed by atoms with Gasteiger partial charge in [0.1, 0.15) is 5.69 Å². The molecule has 0 radical (unpaired) electrons. The van der Waals surface area contributed by atoms with Crippen LogP contribution in [-0.2, 0) is 0 Å². The summed E-state index contributed by atoms with van der Waals surface area (Å²) in [7, 11) is 0. The second-order valence-corrected chi connectivity index (χ2v) is 3.97. The van der Waals surface area contributed by atoms with Gasteiger partial charge < -0.3 is 10.6 Å². The van der Waals surface area contributed by atoms with Gasteiger partial charge in [-0.15, -0.1) is 0 Å². The molecule has 2 rings (SSSR count). The van der Waals surface area contributed by atoms with Gasteiger partial charge in [0.25, 0.3) is 5.91 Å². The van der Waals surface area contributed by atoms with E-state index < -0.39 is 0 Å². The van der Waals surface area contributed by atoms with E-state index in [4.69, 9.17) is 5.73 Å². The summed E-state index contributed by atoms with van der Waals surface area (Å²) in [6, 6.07) is 3.86. The average Bonchev–Trinajstić information content (AvgIpc) is 2.65. The van der Waals surface area contributed by atoms with Crippen molar-refractivity contribution in [1.29, 1.82) is 0 Å². The number of hydrogen-bond acceptors (Lipinski definition) is 3. The molecular formula is C11H15N3O. The summed E-state index contributed by atoms with van der Waals surface area (Å²) in [6.45, 7) is 3.29. The van der Waals surface area contributed by atoms with Crippen LogP contribution in [-0.4, -0.2) is 34.9 Å². The van der Waals surface area contributed by atoms with Crippen LogP contribution in [0.1, 0.15) is 22.5 Å². The van der Waals surface area contributed by atoms with Crippen molar-refractivity contribution >= 4 is 5.91 Å². The summed E-state index contributed by atoms with van der Waals surface area (Å²) in [4.78, 5) is 17.9. The van der Waals surface area contributed by atoms with E-state index in [1.807, 2.05) is 19.1 Å². The first-order valence-corrected chi connectivity index (χ1v) is 5.15. The Kier molecular flexibility index (Phi) is 2.68. The quantitative estimate of drug-likeness (QED) is 0.729. The van der Waals surface area contributed by atoms with Crippen molar-refractivity contribution in [2.75, 3.05) is 13.1 Å². The van der Waals surface area contributed by atoms with Crippen LogP contribution in [0.4, 0.5) is 0 Å². The van der Waals surface area contributed by atoms with Crippen LogP contribution < -0.4 is 5.73 Å². The van der Waals surface area contributed by atoms with Crippen molar-refractivity contribution in [1.82, 2.24) is 9.88 Å². The third kappa shape index (κ3) is 1.99. The predicted molar refractivity (Wildman–Crippen MR) is 57.5 cm³/mol. The fourth-order valence-electron chi connectivity index (χ4n) is 1.83. The zero-order valence-corrected chi connectivity index (χ0v) is 8.81. The minimum Gasteiger partial charge on any atom is -0.336 e. The molecule has 2 heterocycles. The van der Waals surface area contributed by atoms with Crippen molar-refractivity contribution in [3.63, 3.8) is 0 Å². The van der Waals surface area contributed by atoms with Gasteiger partial charge in [0.2, 0.25) is 0 Å². The normalized spacial score (nSPS) is 20.7. The van der Waals surface area contributed by atoms with Crippen LogP contribution in [0.2, 0.25) is 0 Å². The van der Waals surface area contributed by atoms with Gasteiger partial charge in [-0.3, -0.25) is 9.78 Å². The summed E-state index contributed by atoms with van der Waals surface area (Å²) in [5, 5.41) is 0. The third-order valence-corrected chi connectivity index (χ3v) is 2.72. The lowest BCUT2D eigenvalue weighted by Crippen LogP contribution is -2.32. The summed E-state index contributed by atoms with van der Waals surface area (Å²) < 4.78 is 0. The number of likely N-dealkylation sites (tertiary alicyclic amines) is 1. The van der Waals surface area contributed by atoms with E-state index >= 15 is 0 Å². The monoisotopic (exact) mass is 205 g/mol. The van der Waals surface area contributed by atoms with Crippen LogP contribution in [0.15, 0.2) is 18.3 Å². The van der Waals surface area contributed by atoms with Crippen molar-refractivity contribution < 1.29 is 4.79 Å². The van der Waals surface area contributed by atoms with Crippen molar-refractivity contribution in [2.24, 2.45) is 5.73 Å². The minimum atomic E-state index is 0.000972. The fraction of sp³-hybridized carbons (Fsp3) is 0.455. The maximum absolute atomic E-state index is 12.0. The van der Waals surface area contributed by atoms with Crippen molar-refractivity contribution in [2.45, 2.75) is 19.4 Å². The zero-order valence-electron chi connectivity index (χ0n) is 8.81. The molecular weight excluding hydrogens is 190 g/mol. The Bertz CT molecular complexity index is 378. The fourth-order valence-corrected chi connectivity index (χ4v) is 1.83. The number of aryl methyl sites for hydroxylation is 1. The molecule has 0 aromatic carbocycles. The number of carbonyl (C=O) groups is 1. The van der Waals surface area contributed by atoms with Gasteiger partial charge in [0.15, 0.2) is 0 Å². The highest BCUT2D eigenvalue weighted by atomic mass is 16.2. The molecule has 4 heteroatoms. The molecule has 0 unspecified atom stereocenters. The van der Waals surface area contributed by atoms with Gasteiger partial charge >= 0.3 is 0 Å². The highest BCUT2D eigenvalue weighted by Gasteiger charge is 2.25. The molecule has 1 aromatic rings. The number of pyridine rings is 1. The van der Waals surface area contributed by atoms with Gasteiger partial charge in [-0.2, -0.15) is 0 Å². The SMILES string of the molecule is Cc1cccnc1C(=O)N1CC[C@H](N)C1. The highest BCUT2D eigenvalue weighted by molar-refractivity contribution is 5.93. The number of nitrogens with two attached hydrogens (primary N) is 1. The van der Waals surface area contributed by atoms with Crippen LogP contribution in [0.25, 0.3) is 0 Å². The molecule has 15 heavy (non-hydrogen) atoms. The Morgan fingerprint density at radius 3 is 3.07 bits per heavy atom. The molecule has 0 bridgehead atoms. The number of rotatable bonds is 1. The minimum absolute atomic E-state index is 0.000972. The summed E-state index contributed by atoms with van der Waals surface area (Å²) in [6.07, 6.45) is 2.54. The molecule has 0 spiro atoms. The van der Waals surface area contributed by atoms with Crippen LogP contribution in [0, 0.1) is 6.92 Å². The molecule has 80 valence electrons. The van der Waals surface area contributed by atoms with Crippen LogP contribution in [0.5, 0.6) is 0 Å². The lowest BCUT2D eigenvalue weighted by molar-refractivity contribution is 0.0784. The Hall–Kier alpha value is -1.42. The van der Waals surface area contributed by atoms with Gasteiger partial charge in [0, 0.05) is 25.3 Å². The van der Waals surface area contributed by atoms with E-state index in [-0.39, 0.29) is 11.9 Å². The molecule has 1 aliphatic heterocycles. The molecule has 0 saturated carbocycles. The third-order valence-electron chi connectivity index (χ3n) is 2.72. The molecule has 1 atom stereocenters. The van der Waals surface area contributed by atoms with E-state index in [0.29, 0.717) is 12.2 Å². The molecule has 1 amide bonds. The second kappa shape index (κ2) is 3.98. The molecule has 0 aliphatic carbocycles. The van der Waals surface area contributed by atoms with E-state index in [2.05, 4.69) is 4.98 Å². The molecule has 1 aromatic heterocycles. The van der Waals surface area contributed by atoms with E-state index in [0.717, 1.165) is 18.5 Å². The first-order chi connectivity index (χ1) is 7.18. The largest absolute Gasteiger partial charge is 0.336 e. The Morgan fingerprint density at radius 2 is 2.47 bits per heavy atom. The maximum atomic E-state index is 12.0. The molecule has 1 saturated heterocycles. The summed E-state index contributed by atoms with van der Waals surface area (Å²) in [5.74, 6) is 0.000972. The molecule has 2 N–H and O–H groups in total. The Labute approximate surface area is 89.1 Å². The van der Waals surface area contributed by atoms with E-state index in [1.165, 1.54) is 0 Å². The lowest BCUT2D eigenvalue weighted by Gasteiger charge is -2.15. The number of aromatic nitrogens is 1. The number of nitrogens with zero attached hydrogens (tertiary/aromatic N) is 2. The van der Waals surface area contributed by atoms with E-state index in [1.54, 1.807) is 11.1 Å². The zero-order chi connectivity index (χ0) is 10.8. The summed E-state index contributed by atoms with van der Waals surface area (Å²) in [5.41, 5.74) is 7.23. The van der Waals surface area contributed by atoms with Crippen molar-refractivity contribution in [3.05, 3.63) is 29.6 Å². The van der Waals surface area contributed by atoms with Crippen LogP contribution >= 0.6 is 0 Å². The van der Waals surface area contributed by atoms with Gasteiger partial charge in [-0.05, 0) is 25.0 Å². The maximum Gasteiger partial charge on any atom is 0.272 e. The number of carbonyl (C=O) groups excluding carboxylic acids is 1. The number of hydrogen-bond donors (Lipinski definition) is 1. The highest BCUT2D eigenvalue weighted by Crippen LogP contribution is 2.13. The van der Waals surface area contributed by atoms with Crippen molar-refractivity contribution in [3.8, 4) is 0 Å². The second-order valence-electron chi connectivity index (χ2n) is 3.97. The summed E-state index contributed by atoms with van der Waals surface area (Å²) >= 11 is 0. The molecule has 1 aliphatic rings. The van der Waals surface area contributed by atoms with Gasteiger partial charge in [-0.25, -0.2) is 0 Å². The lowest BCUT2D eigenvalue weighted by atomic mass is 10.2. The van der Waals surface area contributed by atoms with E-state index in [9.17, 15) is 4.79 Å². The van der Waals surface area contributed by atoms with Gasteiger partial charge in [0.05, 0.1) is 0 Å². The van der Waals surface area contributed by atoms with Crippen LogP contribution in [0.3, 0.4) is 0 Å². The number of amides is 1. The first kappa shape index (κ1) is 10.1. The standard InChI is InChI=1S/C11H15N3O/c1-8-3-2-5-13-10(8)11(15)14-6-4-9(12)7-14/h2-3,5,9H,4,6-7,12H2,1H3/t9-/m0/s1. The topological polar surface area (TPSA) is 59.2 Å². The molecule has 4 nitrogen and oxygen atoms in total. The first-order valence-electron chi connectivity index (χ1n) is 5.15. The molecule has 1 fully saturated rings. The Balaban J connectivity index is 2.18. The van der Waals surface area contributed by atoms with Gasteiger partial charge in [-0.1, -0.05) is 6.07 Å². The predicted octanol–water partition coefficient (Wildman–Crippen LogP) is 0.563.